The number of fused-ring (bicyclic) bond motifs is 2. The quantitative estimate of drug-likeness (QED) is 0.861. The highest BCUT2D eigenvalue weighted by atomic mass is 16.5. The molecule has 2 bridgehead atoms. The number of pyridine rings is 1. The van der Waals surface area contributed by atoms with Crippen LogP contribution in [-0.2, 0) is 16.1 Å². The maximum atomic E-state index is 12.7. The van der Waals surface area contributed by atoms with Crippen molar-refractivity contribution in [1.29, 1.82) is 0 Å². The largest absolute Gasteiger partial charge is 0.459 e. The van der Waals surface area contributed by atoms with Crippen LogP contribution in [0.15, 0.2) is 47.3 Å². The van der Waals surface area contributed by atoms with E-state index in [4.69, 9.17) is 13.9 Å². The number of aromatic nitrogens is 1. The Balaban J connectivity index is 1.50. The summed E-state index contributed by atoms with van der Waals surface area (Å²) < 4.78 is 17.4. The standard InChI is InChI=1S/C18H20N2O4/c21-18(16-4-2-9-22-16)20-8-10-23-15-6-5-14(20)17(15)24-12-13-3-1-7-19-11-13/h1-4,7,9,11,14-15,17H,5-6,8,10,12H2. The minimum absolute atomic E-state index is 0.0202. The monoisotopic (exact) mass is 328 g/mol. The number of hydrogen-bond acceptors (Lipinski definition) is 5. The first-order valence-corrected chi connectivity index (χ1v) is 8.29. The molecule has 1 saturated carbocycles. The van der Waals surface area contributed by atoms with Crippen molar-refractivity contribution in [3.05, 3.63) is 54.2 Å². The van der Waals surface area contributed by atoms with Gasteiger partial charge in [-0.1, -0.05) is 6.07 Å². The molecule has 0 spiro atoms. The van der Waals surface area contributed by atoms with Crippen molar-refractivity contribution in [1.82, 2.24) is 9.88 Å². The Hall–Kier alpha value is -2.18. The summed E-state index contributed by atoms with van der Waals surface area (Å²) in [6.07, 6.45) is 6.78. The van der Waals surface area contributed by atoms with Crippen molar-refractivity contribution in [3.8, 4) is 0 Å². The van der Waals surface area contributed by atoms with Crippen molar-refractivity contribution in [3.63, 3.8) is 0 Å². The SMILES string of the molecule is O=C(c1ccco1)N1CCOC2CCC1C2OCc1cccnc1. The van der Waals surface area contributed by atoms with Crippen LogP contribution in [0.2, 0.25) is 0 Å². The smallest absolute Gasteiger partial charge is 0.289 e. The summed E-state index contributed by atoms with van der Waals surface area (Å²) in [5.74, 6) is 0.275. The van der Waals surface area contributed by atoms with E-state index < -0.39 is 0 Å². The summed E-state index contributed by atoms with van der Waals surface area (Å²) in [5.41, 5.74) is 1.02. The summed E-state index contributed by atoms with van der Waals surface area (Å²) >= 11 is 0. The van der Waals surface area contributed by atoms with Crippen LogP contribution < -0.4 is 0 Å². The molecular weight excluding hydrogens is 308 g/mol. The second-order valence-corrected chi connectivity index (χ2v) is 6.17. The van der Waals surface area contributed by atoms with Crippen LogP contribution in [0.4, 0.5) is 0 Å². The van der Waals surface area contributed by atoms with E-state index in [2.05, 4.69) is 4.98 Å². The van der Waals surface area contributed by atoms with Crippen LogP contribution in [0.3, 0.4) is 0 Å². The number of carbonyl (C=O) groups excluding carboxylic acids is 1. The van der Waals surface area contributed by atoms with Gasteiger partial charge in [-0.3, -0.25) is 9.78 Å². The fourth-order valence-corrected chi connectivity index (χ4v) is 3.58. The van der Waals surface area contributed by atoms with Gasteiger partial charge < -0.3 is 18.8 Å². The molecule has 0 aromatic carbocycles. The molecule has 3 heterocycles. The normalized spacial score (nSPS) is 26.3. The molecule has 126 valence electrons. The lowest BCUT2D eigenvalue weighted by atomic mass is 10.1. The summed E-state index contributed by atoms with van der Waals surface area (Å²) in [4.78, 5) is 18.7. The lowest BCUT2D eigenvalue weighted by molar-refractivity contribution is -0.0599. The van der Waals surface area contributed by atoms with E-state index in [9.17, 15) is 4.79 Å². The number of furan rings is 1. The summed E-state index contributed by atoms with van der Waals surface area (Å²) in [6.45, 7) is 1.56. The second kappa shape index (κ2) is 6.75. The average molecular weight is 328 g/mol. The van der Waals surface area contributed by atoms with Crippen LogP contribution >= 0.6 is 0 Å². The molecule has 1 aliphatic heterocycles. The van der Waals surface area contributed by atoms with Gasteiger partial charge in [0.1, 0.15) is 6.10 Å². The number of nitrogens with zero attached hydrogens (tertiary/aromatic N) is 2. The van der Waals surface area contributed by atoms with Gasteiger partial charge in [0, 0.05) is 18.9 Å². The van der Waals surface area contributed by atoms with Crippen LogP contribution in [0.5, 0.6) is 0 Å². The summed E-state index contributed by atoms with van der Waals surface area (Å²) in [5, 5.41) is 0. The number of carbonyl (C=O) groups is 1. The molecule has 6 heteroatoms. The van der Waals surface area contributed by atoms with Gasteiger partial charge in [-0.2, -0.15) is 0 Å². The van der Waals surface area contributed by atoms with E-state index in [0.717, 1.165) is 18.4 Å². The maximum Gasteiger partial charge on any atom is 0.289 e. The van der Waals surface area contributed by atoms with Crippen LogP contribution in [0.25, 0.3) is 0 Å². The topological polar surface area (TPSA) is 64.8 Å². The zero-order valence-electron chi connectivity index (χ0n) is 13.3. The Kier molecular flexibility index (Phi) is 4.32. The zero-order chi connectivity index (χ0) is 16.4. The lowest BCUT2D eigenvalue weighted by Crippen LogP contribution is -2.46. The van der Waals surface area contributed by atoms with Crippen LogP contribution in [0, 0.1) is 0 Å². The van der Waals surface area contributed by atoms with Gasteiger partial charge in [-0.05, 0) is 36.6 Å². The van der Waals surface area contributed by atoms with E-state index in [1.165, 1.54) is 6.26 Å². The van der Waals surface area contributed by atoms with Gasteiger partial charge in [0.25, 0.3) is 5.91 Å². The van der Waals surface area contributed by atoms with Crippen molar-refractivity contribution >= 4 is 5.91 Å². The minimum Gasteiger partial charge on any atom is -0.459 e. The second-order valence-electron chi connectivity index (χ2n) is 6.17. The molecule has 4 rings (SSSR count). The highest BCUT2D eigenvalue weighted by Gasteiger charge is 2.45. The predicted molar refractivity (Wildman–Crippen MR) is 85.3 cm³/mol. The summed E-state index contributed by atoms with van der Waals surface area (Å²) in [7, 11) is 0. The molecule has 0 N–H and O–H groups in total. The first-order chi connectivity index (χ1) is 11.8. The Morgan fingerprint density at radius 3 is 3.08 bits per heavy atom. The van der Waals surface area contributed by atoms with E-state index in [1.54, 1.807) is 24.5 Å². The minimum atomic E-state index is -0.119. The molecule has 0 radical (unpaired) electrons. The third kappa shape index (κ3) is 2.95. The van der Waals surface area contributed by atoms with Gasteiger partial charge in [-0.25, -0.2) is 0 Å². The zero-order valence-corrected chi connectivity index (χ0v) is 13.3. The third-order valence-electron chi connectivity index (χ3n) is 4.72. The Bertz CT molecular complexity index is 674. The highest BCUT2D eigenvalue weighted by Crippen LogP contribution is 2.33. The molecule has 2 fully saturated rings. The highest BCUT2D eigenvalue weighted by molar-refractivity contribution is 5.91. The van der Waals surface area contributed by atoms with Gasteiger partial charge in [0.15, 0.2) is 5.76 Å². The average Bonchev–Trinajstić information content (AvgIpc) is 3.22. The summed E-state index contributed by atoms with van der Waals surface area (Å²) in [6, 6.07) is 7.33. The van der Waals surface area contributed by atoms with Crippen molar-refractivity contribution < 1.29 is 18.7 Å². The Labute approximate surface area is 140 Å². The van der Waals surface area contributed by atoms with Gasteiger partial charge in [0.2, 0.25) is 0 Å². The van der Waals surface area contributed by atoms with E-state index in [-0.39, 0.29) is 24.2 Å². The number of hydrogen-bond donors (Lipinski definition) is 0. The number of amides is 1. The van der Waals surface area contributed by atoms with Gasteiger partial charge >= 0.3 is 0 Å². The molecule has 1 aliphatic carbocycles. The molecule has 1 saturated heterocycles. The number of rotatable bonds is 4. The lowest BCUT2D eigenvalue weighted by Gasteiger charge is -2.30. The molecule has 3 atom stereocenters. The molecule has 2 aromatic heterocycles. The number of ether oxygens (including phenoxy) is 2. The first-order valence-electron chi connectivity index (χ1n) is 8.29. The Morgan fingerprint density at radius 2 is 2.29 bits per heavy atom. The Morgan fingerprint density at radius 1 is 1.33 bits per heavy atom. The van der Waals surface area contributed by atoms with Gasteiger partial charge in [0.05, 0.1) is 31.6 Å². The molecule has 3 unspecified atom stereocenters. The van der Waals surface area contributed by atoms with E-state index >= 15 is 0 Å². The maximum absolute atomic E-state index is 12.7. The molecular formula is C18H20N2O4. The predicted octanol–water partition coefficient (Wildman–Crippen LogP) is 2.26. The van der Waals surface area contributed by atoms with Crippen molar-refractivity contribution in [2.75, 3.05) is 13.2 Å². The molecule has 2 aliphatic rings. The molecule has 1 amide bonds. The van der Waals surface area contributed by atoms with Crippen molar-refractivity contribution in [2.24, 2.45) is 0 Å². The van der Waals surface area contributed by atoms with Crippen LogP contribution in [-0.4, -0.2) is 47.2 Å². The molecule has 2 aromatic rings. The van der Waals surface area contributed by atoms with Crippen LogP contribution in [0.1, 0.15) is 29.0 Å². The van der Waals surface area contributed by atoms with E-state index in [0.29, 0.717) is 25.5 Å². The van der Waals surface area contributed by atoms with Gasteiger partial charge in [-0.15, -0.1) is 0 Å². The van der Waals surface area contributed by atoms with E-state index in [1.807, 2.05) is 17.0 Å². The first kappa shape index (κ1) is 15.4. The fraction of sp³-hybridized carbons (Fsp3) is 0.444. The third-order valence-corrected chi connectivity index (χ3v) is 4.72. The molecule has 24 heavy (non-hydrogen) atoms. The van der Waals surface area contributed by atoms with Crippen molar-refractivity contribution in [2.45, 2.75) is 37.7 Å². The molecule has 6 nitrogen and oxygen atoms in total. The fourth-order valence-electron chi connectivity index (χ4n) is 3.58.